The van der Waals surface area contributed by atoms with Crippen molar-refractivity contribution in [1.29, 1.82) is 0 Å². The number of hydrogen-bond donors (Lipinski definition) is 2. The van der Waals surface area contributed by atoms with Gasteiger partial charge in [-0.25, -0.2) is 9.78 Å². The first-order valence-corrected chi connectivity index (χ1v) is 7.92. The first-order chi connectivity index (χ1) is 11.0. The zero-order chi connectivity index (χ0) is 16.4. The van der Waals surface area contributed by atoms with E-state index in [-0.39, 0.29) is 18.0 Å². The van der Waals surface area contributed by atoms with Crippen molar-refractivity contribution < 1.29 is 4.79 Å². The van der Waals surface area contributed by atoms with Gasteiger partial charge in [0, 0.05) is 49.9 Å². The highest BCUT2D eigenvalue weighted by Crippen LogP contribution is 2.25. The molecule has 2 amide bonds. The van der Waals surface area contributed by atoms with E-state index in [0.29, 0.717) is 24.7 Å². The molecular formula is C16H20ClN5O. The van der Waals surface area contributed by atoms with Gasteiger partial charge in [0.25, 0.3) is 0 Å². The third kappa shape index (κ3) is 3.48. The van der Waals surface area contributed by atoms with Crippen LogP contribution in [0.1, 0.15) is 17.2 Å². The lowest BCUT2D eigenvalue weighted by Gasteiger charge is -2.17. The molecule has 0 unspecified atom stereocenters. The molecule has 23 heavy (non-hydrogen) atoms. The van der Waals surface area contributed by atoms with Crippen LogP contribution in [-0.2, 0) is 13.6 Å². The standard InChI is InChI=1S/C16H20ClN5O/c1-21-9-15(20-10-21)12-7-22(8-14(12)18)16(23)19-6-11-4-2-3-5-13(11)17/h2-5,9-10,12,14H,6-8,18H2,1H3,(H,19,23)/t12-,14-/m1/s1. The Labute approximate surface area is 140 Å². The number of aromatic nitrogens is 2. The molecule has 7 heteroatoms. The molecule has 1 aromatic carbocycles. The molecule has 0 saturated carbocycles. The molecule has 1 aromatic heterocycles. The monoisotopic (exact) mass is 333 g/mol. The normalized spacial score (nSPS) is 20.7. The van der Waals surface area contributed by atoms with Crippen LogP contribution in [0.3, 0.4) is 0 Å². The number of nitrogens with zero attached hydrogens (tertiary/aromatic N) is 3. The summed E-state index contributed by atoms with van der Waals surface area (Å²) in [5.41, 5.74) is 8.02. The van der Waals surface area contributed by atoms with Gasteiger partial charge in [0.2, 0.25) is 0 Å². The Kier molecular flexibility index (Phi) is 4.54. The summed E-state index contributed by atoms with van der Waals surface area (Å²) in [6, 6.07) is 7.25. The number of urea groups is 1. The molecule has 2 aromatic rings. The molecule has 3 N–H and O–H groups in total. The average molecular weight is 334 g/mol. The molecule has 0 spiro atoms. The van der Waals surface area contributed by atoms with Crippen molar-refractivity contribution >= 4 is 17.6 Å². The molecule has 6 nitrogen and oxygen atoms in total. The van der Waals surface area contributed by atoms with Gasteiger partial charge in [0.05, 0.1) is 12.0 Å². The SMILES string of the molecule is Cn1cnc([C@@H]2CN(C(=O)NCc3ccccc3Cl)C[C@H]2N)c1. The van der Waals surface area contributed by atoms with Gasteiger partial charge in [-0.15, -0.1) is 0 Å². The third-order valence-corrected chi connectivity index (χ3v) is 4.51. The Bertz CT molecular complexity index is 701. The van der Waals surface area contributed by atoms with Gasteiger partial charge in [-0.05, 0) is 11.6 Å². The molecule has 1 saturated heterocycles. The van der Waals surface area contributed by atoms with Crippen molar-refractivity contribution in [1.82, 2.24) is 19.8 Å². The lowest BCUT2D eigenvalue weighted by Crippen LogP contribution is -2.39. The van der Waals surface area contributed by atoms with Crippen LogP contribution in [-0.4, -0.2) is 39.6 Å². The molecule has 1 aliphatic rings. The Hall–Kier alpha value is -2.05. The van der Waals surface area contributed by atoms with E-state index in [1.807, 2.05) is 42.1 Å². The molecule has 0 bridgehead atoms. The summed E-state index contributed by atoms with van der Waals surface area (Å²) >= 11 is 6.10. The fourth-order valence-electron chi connectivity index (χ4n) is 2.86. The Morgan fingerprint density at radius 1 is 1.43 bits per heavy atom. The number of nitrogens with two attached hydrogens (primary N) is 1. The highest BCUT2D eigenvalue weighted by molar-refractivity contribution is 6.31. The molecule has 2 atom stereocenters. The van der Waals surface area contributed by atoms with Gasteiger partial charge >= 0.3 is 6.03 Å². The minimum absolute atomic E-state index is 0.0715. The zero-order valence-corrected chi connectivity index (χ0v) is 13.7. The predicted molar refractivity (Wildman–Crippen MR) is 89.2 cm³/mol. The second kappa shape index (κ2) is 6.60. The number of amides is 2. The number of hydrogen-bond acceptors (Lipinski definition) is 3. The van der Waals surface area contributed by atoms with E-state index in [9.17, 15) is 4.79 Å². The van der Waals surface area contributed by atoms with Crippen LogP contribution in [0.15, 0.2) is 36.8 Å². The van der Waals surface area contributed by atoms with Crippen LogP contribution in [0.5, 0.6) is 0 Å². The molecule has 0 radical (unpaired) electrons. The van der Waals surface area contributed by atoms with Crippen LogP contribution in [0.4, 0.5) is 4.79 Å². The van der Waals surface area contributed by atoms with Crippen molar-refractivity contribution in [3.63, 3.8) is 0 Å². The number of benzene rings is 1. The van der Waals surface area contributed by atoms with E-state index in [1.54, 1.807) is 11.2 Å². The van der Waals surface area contributed by atoms with Crippen molar-refractivity contribution in [2.45, 2.75) is 18.5 Å². The highest BCUT2D eigenvalue weighted by atomic mass is 35.5. The number of nitrogens with one attached hydrogen (secondary N) is 1. The largest absolute Gasteiger partial charge is 0.340 e. The van der Waals surface area contributed by atoms with Crippen LogP contribution < -0.4 is 11.1 Å². The molecule has 0 aliphatic carbocycles. The minimum atomic E-state index is -0.126. The summed E-state index contributed by atoms with van der Waals surface area (Å²) in [6.45, 7) is 1.50. The average Bonchev–Trinajstić information content (AvgIpc) is 3.12. The smallest absolute Gasteiger partial charge is 0.317 e. The first-order valence-electron chi connectivity index (χ1n) is 7.54. The fourth-order valence-corrected chi connectivity index (χ4v) is 3.06. The van der Waals surface area contributed by atoms with Crippen molar-refractivity contribution in [2.24, 2.45) is 12.8 Å². The molecule has 122 valence electrons. The molecule has 1 fully saturated rings. The highest BCUT2D eigenvalue weighted by Gasteiger charge is 2.35. The maximum atomic E-state index is 12.3. The van der Waals surface area contributed by atoms with E-state index in [4.69, 9.17) is 17.3 Å². The summed E-state index contributed by atoms with van der Waals surface area (Å²) in [6.07, 6.45) is 3.71. The number of aryl methyl sites for hydroxylation is 1. The minimum Gasteiger partial charge on any atom is -0.340 e. The van der Waals surface area contributed by atoms with Crippen molar-refractivity contribution in [2.75, 3.05) is 13.1 Å². The van der Waals surface area contributed by atoms with Crippen LogP contribution in [0.25, 0.3) is 0 Å². The second-order valence-electron chi connectivity index (χ2n) is 5.89. The van der Waals surface area contributed by atoms with Gasteiger partial charge < -0.3 is 20.5 Å². The van der Waals surface area contributed by atoms with E-state index in [0.717, 1.165) is 11.3 Å². The second-order valence-corrected chi connectivity index (χ2v) is 6.30. The molecule has 1 aliphatic heterocycles. The van der Waals surface area contributed by atoms with Crippen molar-refractivity contribution in [3.05, 3.63) is 53.1 Å². The van der Waals surface area contributed by atoms with Gasteiger partial charge in [-0.2, -0.15) is 0 Å². The molecule has 2 heterocycles. The number of halogens is 1. The van der Waals surface area contributed by atoms with Gasteiger partial charge in [-0.1, -0.05) is 29.8 Å². The molecular weight excluding hydrogens is 314 g/mol. The number of imidazole rings is 1. The maximum Gasteiger partial charge on any atom is 0.317 e. The number of likely N-dealkylation sites (tertiary alicyclic amines) is 1. The van der Waals surface area contributed by atoms with Gasteiger partial charge in [0.15, 0.2) is 0 Å². The summed E-state index contributed by atoms with van der Waals surface area (Å²) < 4.78 is 1.89. The number of carbonyl (C=O) groups excluding carboxylic acids is 1. The lowest BCUT2D eigenvalue weighted by molar-refractivity contribution is 0.207. The number of carbonyl (C=O) groups is 1. The van der Waals surface area contributed by atoms with Crippen LogP contribution in [0.2, 0.25) is 5.02 Å². The Balaban J connectivity index is 1.59. The quantitative estimate of drug-likeness (QED) is 0.897. The van der Waals surface area contributed by atoms with E-state index < -0.39 is 0 Å². The lowest BCUT2D eigenvalue weighted by atomic mass is 10.0. The summed E-state index contributed by atoms with van der Waals surface area (Å²) in [4.78, 5) is 18.4. The zero-order valence-electron chi connectivity index (χ0n) is 12.9. The van der Waals surface area contributed by atoms with Crippen LogP contribution >= 0.6 is 11.6 Å². The van der Waals surface area contributed by atoms with E-state index in [2.05, 4.69) is 10.3 Å². The van der Waals surface area contributed by atoms with Crippen molar-refractivity contribution in [3.8, 4) is 0 Å². The Morgan fingerprint density at radius 2 is 2.22 bits per heavy atom. The number of rotatable bonds is 3. The summed E-state index contributed by atoms with van der Waals surface area (Å²) in [5, 5.41) is 3.55. The topological polar surface area (TPSA) is 76.2 Å². The predicted octanol–water partition coefficient (Wildman–Crippen LogP) is 1.71. The Morgan fingerprint density at radius 3 is 2.91 bits per heavy atom. The first kappa shape index (κ1) is 15.8. The van der Waals surface area contributed by atoms with E-state index >= 15 is 0 Å². The van der Waals surface area contributed by atoms with Gasteiger partial charge in [0.1, 0.15) is 0 Å². The summed E-state index contributed by atoms with van der Waals surface area (Å²) in [5.74, 6) is 0.0715. The third-order valence-electron chi connectivity index (χ3n) is 4.14. The molecule has 3 rings (SSSR count). The van der Waals surface area contributed by atoms with Crippen LogP contribution in [0, 0.1) is 0 Å². The van der Waals surface area contributed by atoms with Gasteiger partial charge in [-0.3, -0.25) is 0 Å². The van der Waals surface area contributed by atoms with E-state index in [1.165, 1.54) is 0 Å². The fraction of sp³-hybridized carbons (Fsp3) is 0.375. The summed E-state index contributed by atoms with van der Waals surface area (Å²) in [7, 11) is 1.92. The maximum absolute atomic E-state index is 12.3.